The van der Waals surface area contributed by atoms with E-state index in [9.17, 15) is 9.59 Å². The molecule has 0 aliphatic rings. The molecule has 0 aromatic heterocycles. The van der Waals surface area contributed by atoms with Gasteiger partial charge in [-0.1, -0.05) is 18.7 Å². The van der Waals surface area contributed by atoms with Crippen LogP contribution in [0, 0.1) is 0 Å². The number of ketones is 1. The molecule has 3 heteroatoms. The Balaban J connectivity index is 4.14. The van der Waals surface area contributed by atoms with E-state index in [4.69, 9.17) is 4.74 Å². The van der Waals surface area contributed by atoms with Crippen molar-refractivity contribution >= 4 is 11.8 Å². The maximum absolute atomic E-state index is 10.9. The van der Waals surface area contributed by atoms with Gasteiger partial charge in [-0.2, -0.15) is 0 Å². The second-order valence-corrected chi connectivity index (χ2v) is 3.04. The quantitative estimate of drug-likeness (QED) is 0.366. The van der Waals surface area contributed by atoms with Crippen molar-refractivity contribution in [1.29, 1.82) is 0 Å². The fourth-order valence-electron chi connectivity index (χ4n) is 0.977. The van der Waals surface area contributed by atoms with Crippen molar-refractivity contribution in [1.82, 2.24) is 0 Å². The average Bonchev–Trinajstić information content (AvgIpc) is 2.17. The molecular weight excluding hydrogens is 192 g/mol. The molecule has 0 unspecified atom stereocenters. The highest BCUT2D eigenvalue weighted by molar-refractivity contribution is 5.87. The van der Waals surface area contributed by atoms with Crippen LogP contribution in [0.15, 0.2) is 37.5 Å². The zero-order chi connectivity index (χ0) is 11.7. The summed E-state index contributed by atoms with van der Waals surface area (Å²) in [5, 5.41) is 0. The molecule has 0 aliphatic heterocycles. The Morgan fingerprint density at radius 3 is 2.47 bits per heavy atom. The minimum absolute atomic E-state index is 0.0256. The molecule has 0 aromatic carbocycles. The molecule has 82 valence electrons. The monoisotopic (exact) mass is 208 g/mol. The van der Waals surface area contributed by atoms with Gasteiger partial charge in [0.05, 0.1) is 0 Å². The van der Waals surface area contributed by atoms with Crippen LogP contribution in [0.1, 0.15) is 19.8 Å². The van der Waals surface area contributed by atoms with Crippen LogP contribution in [0.4, 0.5) is 0 Å². The van der Waals surface area contributed by atoms with E-state index in [-0.39, 0.29) is 11.9 Å². The first-order valence-electron chi connectivity index (χ1n) is 4.71. The van der Waals surface area contributed by atoms with Crippen molar-refractivity contribution in [3.63, 3.8) is 0 Å². The Bertz CT molecular complexity index is 277. The third kappa shape index (κ3) is 7.43. The van der Waals surface area contributed by atoms with Crippen LogP contribution in [-0.2, 0) is 14.3 Å². The number of carbonyl (C=O) groups is 2. The lowest BCUT2D eigenvalue weighted by Gasteiger charge is -2.12. The van der Waals surface area contributed by atoms with Gasteiger partial charge in [-0.15, -0.1) is 6.58 Å². The van der Waals surface area contributed by atoms with E-state index in [0.717, 1.165) is 6.08 Å². The summed E-state index contributed by atoms with van der Waals surface area (Å²) in [6, 6.07) is 0. The first-order chi connectivity index (χ1) is 7.10. The molecule has 0 saturated heterocycles. The molecule has 3 nitrogen and oxygen atoms in total. The molecule has 15 heavy (non-hydrogen) atoms. The van der Waals surface area contributed by atoms with E-state index in [1.807, 2.05) is 0 Å². The number of ether oxygens (including phenoxy) is 1. The summed E-state index contributed by atoms with van der Waals surface area (Å²) in [7, 11) is 0. The summed E-state index contributed by atoms with van der Waals surface area (Å²) >= 11 is 0. The van der Waals surface area contributed by atoms with Crippen LogP contribution in [0.5, 0.6) is 0 Å². The van der Waals surface area contributed by atoms with Crippen LogP contribution in [0.25, 0.3) is 0 Å². The SMILES string of the molecule is C=CC[C@@H](C/C=C/C(C)=O)OC(=O)C=C. The Hall–Kier alpha value is -1.64. The molecule has 0 aromatic rings. The number of allylic oxidation sites excluding steroid dienone is 1. The second kappa shape index (κ2) is 7.74. The Labute approximate surface area is 90.1 Å². The average molecular weight is 208 g/mol. The lowest BCUT2D eigenvalue weighted by molar-refractivity contribution is -0.142. The second-order valence-electron chi connectivity index (χ2n) is 3.04. The zero-order valence-corrected chi connectivity index (χ0v) is 8.94. The third-order valence-corrected chi connectivity index (χ3v) is 1.63. The Morgan fingerprint density at radius 1 is 1.33 bits per heavy atom. The van der Waals surface area contributed by atoms with Crippen molar-refractivity contribution < 1.29 is 14.3 Å². The molecule has 1 atom stereocenters. The van der Waals surface area contributed by atoms with E-state index < -0.39 is 5.97 Å². The smallest absolute Gasteiger partial charge is 0.330 e. The van der Waals surface area contributed by atoms with E-state index in [0.29, 0.717) is 12.8 Å². The fourth-order valence-corrected chi connectivity index (χ4v) is 0.977. The highest BCUT2D eigenvalue weighted by Crippen LogP contribution is 2.06. The Morgan fingerprint density at radius 2 is 2.00 bits per heavy atom. The van der Waals surface area contributed by atoms with Gasteiger partial charge >= 0.3 is 5.97 Å². The van der Waals surface area contributed by atoms with E-state index in [2.05, 4.69) is 13.2 Å². The highest BCUT2D eigenvalue weighted by atomic mass is 16.5. The predicted molar refractivity (Wildman–Crippen MR) is 59.3 cm³/mol. The number of hydrogen-bond donors (Lipinski definition) is 0. The normalized spacial score (nSPS) is 12.1. The predicted octanol–water partition coefficient (Wildman–Crippen LogP) is 2.20. The largest absolute Gasteiger partial charge is 0.459 e. The number of esters is 1. The molecule has 0 spiro atoms. The topological polar surface area (TPSA) is 43.4 Å². The standard InChI is InChI=1S/C12H16O3/c1-4-7-11(15-12(14)5-2)9-6-8-10(3)13/h4-6,8,11H,1-2,7,9H2,3H3/b8-6+/t11-/m0/s1. The fraction of sp³-hybridized carbons (Fsp3) is 0.333. The van der Waals surface area contributed by atoms with E-state index in [1.165, 1.54) is 13.0 Å². The summed E-state index contributed by atoms with van der Waals surface area (Å²) in [5.74, 6) is -0.486. The molecule has 0 radical (unpaired) electrons. The van der Waals surface area contributed by atoms with E-state index >= 15 is 0 Å². The first-order valence-corrected chi connectivity index (χ1v) is 4.71. The van der Waals surface area contributed by atoms with Crippen molar-refractivity contribution in [3.8, 4) is 0 Å². The van der Waals surface area contributed by atoms with Gasteiger partial charge in [0.25, 0.3) is 0 Å². The summed E-state index contributed by atoms with van der Waals surface area (Å²) in [4.78, 5) is 21.6. The Kier molecular flexibility index (Phi) is 6.89. The van der Waals surface area contributed by atoms with E-state index in [1.54, 1.807) is 12.2 Å². The van der Waals surface area contributed by atoms with Crippen molar-refractivity contribution in [2.24, 2.45) is 0 Å². The van der Waals surface area contributed by atoms with Gasteiger partial charge < -0.3 is 4.74 Å². The summed E-state index contributed by atoms with van der Waals surface area (Å²) in [6.45, 7) is 8.35. The summed E-state index contributed by atoms with van der Waals surface area (Å²) in [5.41, 5.74) is 0. The number of hydrogen-bond acceptors (Lipinski definition) is 3. The first kappa shape index (κ1) is 13.4. The number of carbonyl (C=O) groups excluding carboxylic acids is 2. The van der Waals surface area contributed by atoms with Crippen LogP contribution in [0.3, 0.4) is 0 Å². The minimum Gasteiger partial charge on any atom is -0.459 e. The van der Waals surface area contributed by atoms with Gasteiger partial charge in [0.15, 0.2) is 5.78 Å². The maximum atomic E-state index is 10.9. The summed E-state index contributed by atoms with van der Waals surface area (Å²) < 4.78 is 5.03. The molecule has 0 N–H and O–H groups in total. The van der Waals surface area contributed by atoms with Crippen molar-refractivity contribution in [2.45, 2.75) is 25.9 Å². The van der Waals surface area contributed by atoms with Crippen LogP contribution < -0.4 is 0 Å². The van der Waals surface area contributed by atoms with Gasteiger partial charge in [0.1, 0.15) is 6.10 Å². The molecule has 0 heterocycles. The van der Waals surface area contributed by atoms with Gasteiger partial charge in [0, 0.05) is 18.9 Å². The molecular formula is C12H16O3. The minimum atomic E-state index is -0.460. The third-order valence-electron chi connectivity index (χ3n) is 1.63. The lowest BCUT2D eigenvalue weighted by atomic mass is 10.1. The van der Waals surface area contributed by atoms with Gasteiger partial charge in [-0.3, -0.25) is 4.79 Å². The number of rotatable bonds is 7. The van der Waals surface area contributed by atoms with Crippen LogP contribution >= 0.6 is 0 Å². The zero-order valence-electron chi connectivity index (χ0n) is 8.94. The van der Waals surface area contributed by atoms with Crippen LogP contribution in [0.2, 0.25) is 0 Å². The van der Waals surface area contributed by atoms with Crippen LogP contribution in [-0.4, -0.2) is 17.9 Å². The lowest BCUT2D eigenvalue weighted by Crippen LogP contribution is -2.15. The van der Waals surface area contributed by atoms with Gasteiger partial charge in [-0.25, -0.2) is 4.79 Å². The molecule has 0 aliphatic carbocycles. The van der Waals surface area contributed by atoms with Gasteiger partial charge in [-0.05, 0) is 13.0 Å². The summed E-state index contributed by atoms with van der Waals surface area (Å²) in [6.07, 6.45) is 6.72. The highest BCUT2D eigenvalue weighted by Gasteiger charge is 2.08. The van der Waals surface area contributed by atoms with Crippen molar-refractivity contribution in [2.75, 3.05) is 0 Å². The van der Waals surface area contributed by atoms with Gasteiger partial charge in [0.2, 0.25) is 0 Å². The molecule has 0 rings (SSSR count). The maximum Gasteiger partial charge on any atom is 0.330 e. The molecule has 0 fully saturated rings. The molecule has 0 saturated carbocycles. The molecule has 0 amide bonds. The van der Waals surface area contributed by atoms with Crippen molar-refractivity contribution in [3.05, 3.63) is 37.5 Å². The molecule has 0 bridgehead atoms.